The largest absolute Gasteiger partial charge is 0.381 e. The summed E-state index contributed by atoms with van der Waals surface area (Å²) >= 11 is 0. The predicted molar refractivity (Wildman–Crippen MR) is 78.1 cm³/mol. The quantitative estimate of drug-likeness (QED) is 0.878. The summed E-state index contributed by atoms with van der Waals surface area (Å²) in [4.78, 5) is 11.0. The van der Waals surface area contributed by atoms with E-state index in [0.29, 0.717) is 12.1 Å². The van der Waals surface area contributed by atoms with Crippen LogP contribution in [0.2, 0.25) is 0 Å². The molecular weight excluding hydrogens is 255 g/mol. The van der Waals surface area contributed by atoms with Crippen molar-refractivity contribution in [1.29, 1.82) is 0 Å². The lowest BCUT2D eigenvalue weighted by Gasteiger charge is -2.09. The van der Waals surface area contributed by atoms with Crippen LogP contribution in [0.5, 0.6) is 0 Å². The van der Waals surface area contributed by atoms with E-state index in [0.717, 1.165) is 12.1 Å². The predicted octanol–water partition coefficient (Wildman–Crippen LogP) is 3.10. The topological polar surface area (TPSA) is 55.1 Å². The highest BCUT2D eigenvalue weighted by Gasteiger charge is 2.07. The lowest BCUT2D eigenvalue weighted by molar-refractivity contribution is 0.1000. The van der Waals surface area contributed by atoms with E-state index < -0.39 is 11.7 Å². The molecule has 0 fully saturated rings. The van der Waals surface area contributed by atoms with E-state index in [-0.39, 0.29) is 5.56 Å². The van der Waals surface area contributed by atoms with Crippen molar-refractivity contribution in [1.82, 2.24) is 0 Å². The summed E-state index contributed by atoms with van der Waals surface area (Å²) < 4.78 is 13.8. The van der Waals surface area contributed by atoms with Gasteiger partial charge in [0, 0.05) is 23.4 Å². The zero-order valence-electron chi connectivity index (χ0n) is 11.3. The Morgan fingerprint density at radius 2 is 2.05 bits per heavy atom. The molecule has 0 aliphatic heterocycles. The number of hydrogen-bond donors (Lipinski definition) is 2. The van der Waals surface area contributed by atoms with Crippen molar-refractivity contribution in [2.24, 2.45) is 5.73 Å². The molecule has 0 saturated carbocycles. The Labute approximate surface area is 117 Å². The molecule has 0 atom stereocenters. The van der Waals surface area contributed by atoms with Crippen molar-refractivity contribution in [2.75, 3.05) is 5.32 Å². The lowest BCUT2D eigenvalue weighted by Crippen LogP contribution is -2.12. The van der Waals surface area contributed by atoms with Crippen LogP contribution >= 0.6 is 0 Å². The third-order valence-electron chi connectivity index (χ3n) is 3.16. The molecule has 4 heteroatoms. The molecule has 0 saturated heterocycles. The average Bonchev–Trinajstić information content (AvgIpc) is 2.46. The summed E-state index contributed by atoms with van der Waals surface area (Å²) in [5.41, 5.74) is 7.95. The second-order valence-corrected chi connectivity index (χ2v) is 4.58. The maximum Gasteiger partial charge on any atom is 0.248 e. The number of carbonyl (C=O) groups is 1. The SMILES string of the molecule is CCc1cccc(NCc2ccc(C(N)=O)cc2F)c1. The van der Waals surface area contributed by atoms with Gasteiger partial charge in [0.15, 0.2) is 0 Å². The Kier molecular flexibility index (Phi) is 4.35. The maximum atomic E-state index is 13.8. The summed E-state index contributed by atoms with van der Waals surface area (Å²) in [6.45, 7) is 2.44. The summed E-state index contributed by atoms with van der Waals surface area (Å²) in [6, 6.07) is 12.3. The molecule has 3 nitrogen and oxygen atoms in total. The van der Waals surface area contributed by atoms with Gasteiger partial charge in [-0.2, -0.15) is 0 Å². The minimum absolute atomic E-state index is 0.180. The number of halogens is 1. The van der Waals surface area contributed by atoms with Gasteiger partial charge in [-0.05, 0) is 36.2 Å². The molecule has 0 aliphatic rings. The van der Waals surface area contributed by atoms with Gasteiger partial charge in [-0.1, -0.05) is 25.1 Å². The molecule has 2 aromatic rings. The van der Waals surface area contributed by atoms with Crippen molar-refractivity contribution in [3.8, 4) is 0 Å². The van der Waals surface area contributed by atoms with Gasteiger partial charge < -0.3 is 11.1 Å². The molecule has 0 spiro atoms. The molecule has 0 unspecified atom stereocenters. The van der Waals surface area contributed by atoms with Crippen molar-refractivity contribution in [3.63, 3.8) is 0 Å². The maximum absolute atomic E-state index is 13.8. The molecule has 0 radical (unpaired) electrons. The van der Waals surface area contributed by atoms with Gasteiger partial charge in [0.25, 0.3) is 0 Å². The Morgan fingerprint density at radius 1 is 1.25 bits per heavy atom. The van der Waals surface area contributed by atoms with Gasteiger partial charge in [0.1, 0.15) is 5.82 Å². The summed E-state index contributed by atoms with van der Waals surface area (Å²) in [7, 11) is 0. The van der Waals surface area contributed by atoms with Crippen molar-refractivity contribution in [2.45, 2.75) is 19.9 Å². The van der Waals surface area contributed by atoms with Crippen LogP contribution in [0, 0.1) is 5.82 Å². The van der Waals surface area contributed by atoms with Gasteiger partial charge in [-0.15, -0.1) is 0 Å². The van der Waals surface area contributed by atoms with E-state index in [9.17, 15) is 9.18 Å². The molecule has 0 aliphatic carbocycles. The molecule has 20 heavy (non-hydrogen) atoms. The number of rotatable bonds is 5. The van der Waals surface area contributed by atoms with Gasteiger partial charge in [0.2, 0.25) is 5.91 Å². The summed E-state index contributed by atoms with van der Waals surface area (Å²) in [5, 5.41) is 3.17. The minimum atomic E-state index is -0.626. The summed E-state index contributed by atoms with van der Waals surface area (Å²) in [5.74, 6) is -1.06. The van der Waals surface area contributed by atoms with Crippen LogP contribution in [0.3, 0.4) is 0 Å². The van der Waals surface area contributed by atoms with Gasteiger partial charge in [-0.25, -0.2) is 4.39 Å². The first-order valence-electron chi connectivity index (χ1n) is 6.51. The second-order valence-electron chi connectivity index (χ2n) is 4.58. The van der Waals surface area contributed by atoms with E-state index in [1.807, 2.05) is 24.3 Å². The number of carbonyl (C=O) groups excluding carboxylic acids is 1. The fourth-order valence-electron chi connectivity index (χ4n) is 1.94. The fraction of sp³-hybridized carbons (Fsp3) is 0.188. The molecule has 0 bridgehead atoms. The van der Waals surface area contributed by atoms with Gasteiger partial charge in [-0.3, -0.25) is 4.79 Å². The average molecular weight is 272 g/mol. The Morgan fingerprint density at radius 3 is 2.70 bits per heavy atom. The molecule has 2 rings (SSSR count). The first kappa shape index (κ1) is 14.1. The van der Waals surface area contributed by atoms with Crippen LogP contribution in [0.1, 0.15) is 28.4 Å². The molecule has 1 amide bonds. The zero-order valence-corrected chi connectivity index (χ0v) is 11.3. The molecular formula is C16H17FN2O. The molecule has 0 aromatic heterocycles. The molecule has 2 aromatic carbocycles. The van der Waals surface area contributed by atoms with Crippen molar-refractivity contribution in [3.05, 3.63) is 65.0 Å². The highest BCUT2D eigenvalue weighted by molar-refractivity contribution is 5.92. The number of hydrogen-bond acceptors (Lipinski definition) is 2. The van der Waals surface area contributed by atoms with Crippen LogP contribution in [-0.4, -0.2) is 5.91 Å². The van der Waals surface area contributed by atoms with E-state index in [2.05, 4.69) is 12.2 Å². The first-order chi connectivity index (χ1) is 9.60. The number of benzene rings is 2. The van der Waals surface area contributed by atoms with Crippen molar-refractivity contribution < 1.29 is 9.18 Å². The number of primary amides is 1. The second kappa shape index (κ2) is 6.19. The van der Waals surface area contributed by atoms with Crippen LogP contribution in [0.4, 0.5) is 10.1 Å². The highest BCUT2D eigenvalue weighted by atomic mass is 19.1. The third kappa shape index (κ3) is 3.35. The Balaban J connectivity index is 2.08. The normalized spacial score (nSPS) is 10.3. The first-order valence-corrected chi connectivity index (χ1v) is 6.51. The zero-order chi connectivity index (χ0) is 14.5. The number of nitrogens with two attached hydrogens (primary N) is 1. The fourth-order valence-corrected chi connectivity index (χ4v) is 1.94. The van der Waals surface area contributed by atoms with Gasteiger partial charge in [0.05, 0.1) is 0 Å². The van der Waals surface area contributed by atoms with E-state index in [4.69, 9.17) is 5.73 Å². The standard InChI is InChI=1S/C16H17FN2O/c1-2-11-4-3-5-14(8-11)19-10-13-7-6-12(16(18)20)9-15(13)17/h3-9,19H,2,10H2,1H3,(H2,18,20). The van der Waals surface area contributed by atoms with E-state index in [1.54, 1.807) is 6.07 Å². The Hall–Kier alpha value is -2.36. The molecule has 3 N–H and O–H groups in total. The third-order valence-corrected chi connectivity index (χ3v) is 3.16. The number of amides is 1. The van der Waals surface area contributed by atoms with Crippen LogP contribution in [-0.2, 0) is 13.0 Å². The monoisotopic (exact) mass is 272 g/mol. The highest BCUT2D eigenvalue weighted by Crippen LogP contribution is 2.15. The number of aryl methyl sites for hydroxylation is 1. The summed E-state index contributed by atoms with van der Waals surface area (Å²) in [6.07, 6.45) is 0.956. The van der Waals surface area contributed by atoms with Crippen molar-refractivity contribution >= 4 is 11.6 Å². The molecule has 0 heterocycles. The van der Waals surface area contributed by atoms with E-state index >= 15 is 0 Å². The molecule has 104 valence electrons. The van der Waals surface area contributed by atoms with Crippen LogP contribution in [0.15, 0.2) is 42.5 Å². The van der Waals surface area contributed by atoms with E-state index in [1.165, 1.54) is 17.7 Å². The van der Waals surface area contributed by atoms with Gasteiger partial charge >= 0.3 is 0 Å². The van der Waals surface area contributed by atoms with Crippen LogP contribution in [0.25, 0.3) is 0 Å². The lowest BCUT2D eigenvalue weighted by atomic mass is 10.1. The van der Waals surface area contributed by atoms with Crippen LogP contribution < -0.4 is 11.1 Å². The smallest absolute Gasteiger partial charge is 0.248 e. The number of anilines is 1. The Bertz CT molecular complexity index is 626. The number of nitrogens with one attached hydrogen (secondary N) is 1. The minimum Gasteiger partial charge on any atom is -0.381 e.